The van der Waals surface area contributed by atoms with Gasteiger partial charge in [-0.2, -0.15) is 0 Å². The Labute approximate surface area is 79.0 Å². The van der Waals surface area contributed by atoms with Gasteiger partial charge in [0.25, 0.3) is 0 Å². The Kier molecular flexibility index (Phi) is 2.64. The number of hydrogen-bond donors (Lipinski definition) is 1. The maximum Gasteiger partial charge on any atom is 0.0945 e. The van der Waals surface area contributed by atoms with Crippen molar-refractivity contribution in [2.24, 2.45) is 11.7 Å². The van der Waals surface area contributed by atoms with E-state index in [9.17, 15) is 0 Å². The van der Waals surface area contributed by atoms with E-state index < -0.39 is 0 Å². The largest absolute Gasteiger partial charge is 0.337 e. The summed E-state index contributed by atoms with van der Waals surface area (Å²) in [6.45, 7) is 1.09. The molecule has 0 amide bonds. The molecule has 1 saturated carbocycles. The van der Waals surface area contributed by atoms with Crippen LogP contribution >= 0.6 is 0 Å². The fourth-order valence-corrected chi connectivity index (χ4v) is 2.19. The smallest absolute Gasteiger partial charge is 0.0945 e. The second-order valence-corrected chi connectivity index (χ2v) is 4.05. The van der Waals surface area contributed by atoms with Gasteiger partial charge in [0.05, 0.1) is 6.33 Å². The minimum Gasteiger partial charge on any atom is -0.337 e. The highest BCUT2D eigenvalue weighted by molar-refractivity contribution is 4.79. The van der Waals surface area contributed by atoms with Crippen molar-refractivity contribution in [3.8, 4) is 0 Å². The van der Waals surface area contributed by atoms with Crippen LogP contribution in [0.1, 0.15) is 25.7 Å². The van der Waals surface area contributed by atoms with Crippen LogP contribution in [0.5, 0.6) is 0 Å². The molecule has 0 aromatic carbocycles. The molecule has 3 nitrogen and oxygen atoms in total. The summed E-state index contributed by atoms with van der Waals surface area (Å²) in [7, 11) is 0. The third-order valence-electron chi connectivity index (χ3n) is 2.85. The first-order chi connectivity index (χ1) is 6.34. The molecule has 1 fully saturated rings. The Morgan fingerprint density at radius 2 is 2.38 bits per heavy atom. The van der Waals surface area contributed by atoms with Crippen molar-refractivity contribution in [2.45, 2.75) is 38.3 Å². The number of nitrogens with two attached hydrogens (primary N) is 1. The summed E-state index contributed by atoms with van der Waals surface area (Å²) in [5.74, 6) is 0.762. The summed E-state index contributed by atoms with van der Waals surface area (Å²) >= 11 is 0. The van der Waals surface area contributed by atoms with Gasteiger partial charge in [-0.3, -0.25) is 0 Å². The Morgan fingerprint density at radius 1 is 1.46 bits per heavy atom. The predicted octanol–water partition coefficient (Wildman–Crippen LogP) is 1.40. The second kappa shape index (κ2) is 3.92. The first kappa shape index (κ1) is 8.75. The van der Waals surface area contributed by atoms with Gasteiger partial charge in [-0.05, 0) is 25.2 Å². The highest BCUT2D eigenvalue weighted by Crippen LogP contribution is 2.24. The lowest BCUT2D eigenvalue weighted by Gasteiger charge is -2.26. The summed E-state index contributed by atoms with van der Waals surface area (Å²) in [6.07, 6.45) is 10.8. The molecular formula is C10H17N3. The third-order valence-corrected chi connectivity index (χ3v) is 2.85. The molecule has 1 heterocycles. The molecule has 2 N–H and O–H groups in total. The van der Waals surface area contributed by atoms with Crippen LogP contribution in [0, 0.1) is 5.92 Å². The minimum absolute atomic E-state index is 0.433. The quantitative estimate of drug-likeness (QED) is 0.745. The van der Waals surface area contributed by atoms with Gasteiger partial charge in [-0.25, -0.2) is 4.98 Å². The van der Waals surface area contributed by atoms with Gasteiger partial charge in [0.15, 0.2) is 0 Å². The first-order valence-corrected chi connectivity index (χ1v) is 5.06. The van der Waals surface area contributed by atoms with E-state index in [0.29, 0.717) is 6.04 Å². The molecule has 3 heteroatoms. The van der Waals surface area contributed by atoms with Gasteiger partial charge in [-0.1, -0.05) is 6.42 Å². The summed E-state index contributed by atoms with van der Waals surface area (Å²) in [4.78, 5) is 4.04. The van der Waals surface area contributed by atoms with Gasteiger partial charge in [0.2, 0.25) is 0 Å². The van der Waals surface area contributed by atoms with Crippen LogP contribution in [0.3, 0.4) is 0 Å². The molecule has 0 radical (unpaired) electrons. The first-order valence-electron chi connectivity index (χ1n) is 5.06. The van der Waals surface area contributed by atoms with Crippen LogP contribution in [0.15, 0.2) is 18.7 Å². The average Bonchev–Trinajstić information content (AvgIpc) is 2.57. The van der Waals surface area contributed by atoms with Crippen LogP contribution < -0.4 is 5.73 Å². The molecule has 0 bridgehead atoms. The molecule has 0 unspecified atom stereocenters. The SMILES string of the molecule is N[C@@H]1CCC[C@H](Cn2ccnc2)C1. The number of hydrogen-bond acceptors (Lipinski definition) is 2. The van der Waals surface area contributed by atoms with E-state index in [1.165, 1.54) is 25.7 Å². The van der Waals surface area contributed by atoms with Crippen molar-refractivity contribution in [1.82, 2.24) is 9.55 Å². The standard InChI is InChI=1S/C10H17N3/c11-10-3-1-2-9(6-10)7-13-5-4-12-8-13/h4-5,8-10H,1-3,6-7,11H2/t9-,10+/m0/s1. The van der Waals surface area contributed by atoms with Crippen LogP contribution in [-0.4, -0.2) is 15.6 Å². The fraction of sp³-hybridized carbons (Fsp3) is 0.700. The van der Waals surface area contributed by atoms with E-state index in [2.05, 4.69) is 9.55 Å². The van der Waals surface area contributed by atoms with E-state index >= 15 is 0 Å². The normalized spacial score (nSPS) is 29.0. The predicted molar refractivity (Wildman–Crippen MR) is 52.2 cm³/mol. The Hall–Kier alpha value is -0.830. The van der Waals surface area contributed by atoms with Gasteiger partial charge in [0.1, 0.15) is 0 Å². The summed E-state index contributed by atoms with van der Waals surface area (Å²) in [5, 5.41) is 0. The van der Waals surface area contributed by atoms with E-state index in [0.717, 1.165) is 12.5 Å². The summed E-state index contributed by atoms with van der Waals surface area (Å²) in [5.41, 5.74) is 5.93. The van der Waals surface area contributed by atoms with Crippen LogP contribution in [0.2, 0.25) is 0 Å². The molecule has 1 aliphatic carbocycles. The van der Waals surface area contributed by atoms with Gasteiger partial charge in [-0.15, -0.1) is 0 Å². The van der Waals surface area contributed by atoms with E-state index in [-0.39, 0.29) is 0 Å². The lowest BCUT2D eigenvalue weighted by atomic mass is 9.86. The molecule has 2 atom stereocenters. The van der Waals surface area contributed by atoms with Gasteiger partial charge < -0.3 is 10.3 Å². The van der Waals surface area contributed by atoms with Crippen molar-refractivity contribution in [1.29, 1.82) is 0 Å². The molecule has 0 saturated heterocycles. The topological polar surface area (TPSA) is 43.8 Å². The van der Waals surface area contributed by atoms with E-state index in [4.69, 9.17) is 5.73 Å². The molecule has 0 spiro atoms. The van der Waals surface area contributed by atoms with Crippen LogP contribution in [0.25, 0.3) is 0 Å². The third kappa shape index (κ3) is 2.31. The highest BCUT2D eigenvalue weighted by atomic mass is 15.0. The summed E-state index contributed by atoms with van der Waals surface area (Å²) < 4.78 is 2.16. The zero-order valence-corrected chi connectivity index (χ0v) is 7.89. The maximum absolute atomic E-state index is 5.93. The highest BCUT2D eigenvalue weighted by Gasteiger charge is 2.18. The molecule has 13 heavy (non-hydrogen) atoms. The average molecular weight is 179 g/mol. The molecule has 0 aliphatic heterocycles. The van der Waals surface area contributed by atoms with Crippen molar-refractivity contribution < 1.29 is 0 Å². The molecule has 1 aromatic rings. The number of aromatic nitrogens is 2. The van der Waals surface area contributed by atoms with Gasteiger partial charge in [0, 0.05) is 25.0 Å². The Bertz CT molecular complexity index is 243. The van der Waals surface area contributed by atoms with Gasteiger partial charge >= 0.3 is 0 Å². The van der Waals surface area contributed by atoms with Crippen molar-refractivity contribution in [3.63, 3.8) is 0 Å². The molecule has 1 aromatic heterocycles. The minimum atomic E-state index is 0.433. The van der Waals surface area contributed by atoms with Crippen molar-refractivity contribution in [3.05, 3.63) is 18.7 Å². The Morgan fingerprint density at radius 3 is 3.08 bits per heavy atom. The maximum atomic E-state index is 5.93. The zero-order chi connectivity index (χ0) is 9.10. The second-order valence-electron chi connectivity index (χ2n) is 4.05. The molecule has 1 aliphatic rings. The molecular weight excluding hydrogens is 162 g/mol. The number of nitrogens with zero attached hydrogens (tertiary/aromatic N) is 2. The summed E-state index contributed by atoms with van der Waals surface area (Å²) in [6, 6.07) is 0.433. The Balaban J connectivity index is 1.87. The molecule has 72 valence electrons. The van der Waals surface area contributed by atoms with Crippen molar-refractivity contribution >= 4 is 0 Å². The molecule has 2 rings (SSSR count). The van der Waals surface area contributed by atoms with E-state index in [1.807, 2.05) is 18.7 Å². The zero-order valence-electron chi connectivity index (χ0n) is 7.89. The van der Waals surface area contributed by atoms with Crippen molar-refractivity contribution in [2.75, 3.05) is 0 Å². The lowest BCUT2D eigenvalue weighted by molar-refractivity contribution is 0.290. The van der Waals surface area contributed by atoms with Crippen LogP contribution in [-0.2, 0) is 6.54 Å². The monoisotopic (exact) mass is 179 g/mol. The number of rotatable bonds is 2. The number of imidazole rings is 1. The van der Waals surface area contributed by atoms with E-state index in [1.54, 1.807) is 0 Å². The van der Waals surface area contributed by atoms with Crippen LogP contribution in [0.4, 0.5) is 0 Å². The fourth-order valence-electron chi connectivity index (χ4n) is 2.19. The lowest BCUT2D eigenvalue weighted by Crippen LogP contribution is -2.29.